The molecule has 1 aliphatic heterocycles. The molecule has 1 fully saturated rings. The minimum Gasteiger partial charge on any atom is -0.277 e. The van der Waals surface area contributed by atoms with Crippen molar-refractivity contribution in [3.63, 3.8) is 0 Å². The van der Waals surface area contributed by atoms with Crippen LogP contribution in [0.5, 0.6) is 0 Å². The van der Waals surface area contributed by atoms with Crippen LogP contribution in [0.25, 0.3) is 0 Å². The summed E-state index contributed by atoms with van der Waals surface area (Å²) in [5.74, 6) is 0.346. The fourth-order valence-electron chi connectivity index (χ4n) is 2.52. The third-order valence-corrected chi connectivity index (χ3v) is 3.91. The summed E-state index contributed by atoms with van der Waals surface area (Å²) in [5.41, 5.74) is 0.126. The molecule has 1 saturated heterocycles. The van der Waals surface area contributed by atoms with Crippen LogP contribution in [0, 0.1) is 5.92 Å². The molecule has 1 aliphatic rings. The van der Waals surface area contributed by atoms with Gasteiger partial charge in [0.05, 0.1) is 11.2 Å². The summed E-state index contributed by atoms with van der Waals surface area (Å²) in [7, 11) is 0. The molecular weight excluding hydrogens is 290 g/mol. The Kier molecular flexibility index (Phi) is 4.93. The first-order chi connectivity index (χ1) is 9.93. The van der Waals surface area contributed by atoms with Gasteiger partial charge in [0.1, 0.15) is 5.82 Å². The van der Waals surface area contributed by atoms with Gasteiger partial charge in [0.2, 0.25) is 5.91 Å². The average Bonchev–Trinajstić information content (AvgIpc) is 2.79. The minimum absolute atomic E-state index is 0.0935. The number of likely N-dealkylation sites (tertiary alicyclic amines) is 1. The molecule has 0 aliphatic carbocycles. The highest BCUT2D eigenvalue weighted by Crippen LogP contribution is 2.25. The highest BCUT2D eigenvalue weighted by Gasteiger charge is 2.35. The molecule has 2 heterocycles. The highest BCUT2D eigenvalue weighted by molar-refractivity contribution is 6.33. The van der Waals surface area contributed by atoms with E-state index < -0.39 is 5.91 Å². The molecule has 0 radical (unpaired) electrons. The number of hydrogen-bond donors (Lipinski definition) is 0. The Hall–Kier alpha value is -1.49. The first kappa shape index (κ1) is 15.9. The summed E-state index contributed by atoms with van der Waals surface area (Å²) in [6.07, 6.45) is 3.82. The predicted molar refractivity (Wildman–Crippen MR) is 80.2 cm³/mol. The third-order valence-electron chi connectivity index (χ3n) is 3.63. The number of nitrogens with zero attached hydrogens (tertiary/aromatic N) is 3. The van der Waals surface area contributed by atoms with Crippen LogP contribution >= 0.6 is 11.6 Å². The number of rotatable bonds is 4. The van der Waals surface area contributed by atoms with Crippen molar-refractivity contribution in [2.24, 2.45) is 5.92 Å². The largest absolute Gasteiger partial charge is 0.280 e. The maximum Gasteiger partial charge on any atom is 0.280 e. The summed E-state index contributed by atoms with van der Waals surface area (Å²) in [5, 5.41) is 0.191. The molecule has 6 heteroatoms. The van der Waals surface area contributed by atoms with E-state index in [1.165, 1.54) is 11.1 Å². The minimum atomic E-state index is -0.409. The van der Waals surface area contributed by atoms with Crippen LogP contribution in [0.2, 0.25) is 5.02 Å². The number of aromatic nitrogens is 2. The van der Waals surface area contributed by atoms with Gasteiger partial charge in [0.15, 0.2) is 5.69 Å². The fourth-order valence-corrected chi connectivity index (χ4v) is 2.69. The van der Waals surface area contributed by atoms with Crippen LogP contribution in [0.15, 0.2) is 6.20 Å². The normalized spacial score (nSPS) is 18.6. The van der Waals surface area contributed by atoms with E-state index in [0.717, 1.165) is 12.8 Å². The van der Waals surface area contributed by atoms with E-state index in [4.69, 9.17) is 11.6 Å². The van der Waals surface area contributed by atoms with Gasteiger partial charge in [-0.05, 0) is 12.3 Å². The van der Waals surface area contributed by atoms with Crippen LogP contribution < -0.4 is 0 Å². The number of carbonyl (C=O) groups excluding carboxylic acids is 2. The van der Waals surface area contributed by atoms with Crippen LogP contribution in [0.4, 0.5) is 0 Å². The second-order valence-corrected chi connectivity index (χ2v) is 6.15. The first-order valence-corrected chi connectivity index (χ1v) is 7.69. The molecule has 1 aromatic heterocycles. The van der Waals surface area contributed by atoms with Crippen molar-refractivity contribution in [2.45, 2.75) is 46.0 Å². The standard InChI is InChI=1S/C15H20ClN3O2/c1-4-5-10-6-12(20)19(8-10)15(21)13-11(16)7-17-14(18-13)9(2)3/h7,9-10H,4-6,8H2,1-3H3. The fraction of sp³-hybridized carbons (Fsp3) is 0.600. The number of amides is 2. The number of carbonyl (C=O) groups is 2. The van der Waals surface area contributed by atoms with Crippen LogP contribution in [-0.4, -0.2) is 33.2 Å². The van der Waals surface area contributed by atoms with Crippen LogP contribution in [0.1, 0.15) is 62.3 Å². The molecular formula is C15H20ClN3O2. The Bertz CT molecular complexity index is 560. The SMILES string of the molecule is CCCC1CC(=O)N(C(=O)c2nc(C(C)C)ncc2Cl)C1. The highest BCUT2D eigenvalue weighted by atomic mass is 35.5. The van der Waals surface area contributed by atoms with Crippen molar-refractivity contribution >= 4 is 23.4 Å². The molecule has 0 saturated carbocycles. The maximum absolute atomic E-state index is 12.5. The number of halogens is 1. The first-order valence-electron chi connectivity index (χ1n) is 7.31. The molecule has 0 aromatic carbocycles. The Morgan fingerprint density at radius 2 is 2.24 bits per heavy atom. The van der Waals surface area contributed by atoms with Gasteiger partial charge in [-0.1, -0.05) is 38.8 Å². The van der Waals surface area contributed by atoms with E-state index in [1.807, 2.05) is 13.8 Å². The van der Waals surface area contributed by atoms with Gasteiger partial charge in [0.25, 0.3) is 5.91 Å². The lowest BCUT2D eigenvalue weighted by Gasteiger charge is -2.15. The Morgan fingerprint density at radius 1 is 1.52 bits per heavy atom. The zero-order valence-electron chi connectivity index (χ0n) is 12.6. The number of imide groups is 1. The smallest absolute Gasteiger partial charge is 0.277 e. The van der Waals surface area contributed by atoms with E-state index in [9.17, 15) is 9.59 Å². The molecule has 2 amide bonds. The molecule has 1 atom stereocenters. The third kappa shape index (κ3) is 3.40. The van der Waals surface area contributed by atoms with E-state index >= 15 is 0 Å². The second kappa shape index (κ2) is 6.52. The van der Waals surface area contributed by atoms with E-state index in [0.29, 0.717) is 18.8 Å². The van der Waals surface area contributed by atoms with Crippen molar-refractivity contribution in [1.82, 2.24) is 14.9 Å². The van der Waals surface area contributed by atoms with Crippen molar-refractivity contribution < 1.29 is 9.59 Å². The predicted octanol–water partition coefficient (Wildman–Crippen LogP) is 3.04. The van der Waals surface area contributed by atoms with E-state index in [2.05, 4.69) is 16.9 Å². The molecule has 114 valence electrons. The summed E-state index contributed by atoms with van der Waals surface area (Å²) in [4.78, 5) is 34.2. The molecule has 1 unspecified atom stereocenters. The van der Waals surface area contributed by atoms with Gasteiger partial charge in [-0.2, -0.15) is 0 Å². The van der Waals surface area contributed by atoms with Crippen molar-refractivity contribution in [2.75, 3.05) is 6.54 Å². The lowest BCUT2D eigenvalue weighted by Crippen LogP contribution is -2.33. The maximum atomic E-state index is 12.5. The van der Waals surface area contributed by atoms with Gasteiger partial charge < -0.3 is 0 Å². The Morgan fingerprint density at radius 3 is 2.86 bits per heavy atom. The Labute approximate surface area is 129 Å². The zero-order chi connectivity index (χ0) is 15.6. The summed E-state index contributed by atoms with van der Waals surface area (Å²) >= 11 is 6.04. The molecule has 0 bridgehead atoms. The number of hydrogen-bond acceptors (Lipinski definition) is 4. The summed E-state index contributed by atoms with van der Waals surface area (Å²) in [6.45, 7) is 6.42. The van der Waals surface area contributed by atoms with Gasteiger partial charge >= 0.3 is 0 Å². The van der Waals surface area contributed by atoms with Crippen LogP contribution in [0.3, 0.4) is 0 Å². The topological polar surface area (TPSA) is 63.2 Å². The van der Waals surface area contributed by atoms with Crippen molar-refractivity contribution in [1.29, 1.82) is 0 Å². The molecule has 0 spiro atoms. The quantitative estimate of drug-likeness (QED) is 0.802. The average molecular weight is 310 g/mol. The van der Waals surface area contributed by atoms with Gasteiger partial charge in [-0.3, -0.25) is 14.5 Å². The lowest BCUT2D eigenvalue weighted by molar-refractivity contribution is -0.125. The molecule has 21 heavy (non-hydrogen) atoms. The molecule has 0 N–H and O–H groups in total. The van der Waals surface area contributed by atoms with Crippen molar-refractivity contribution in [3.05, 3.63) is 22.7 Å². The van der Waals surface area contributed by atoms with Gasteiger partial charge in [-0.25, -0.2) is 9.97 Å². The van der Waals surface area contributed by atoms with E-state index in [-0.39, 0.29) is 28.5 Å². The molecule has 2 rings (SSSR count). The second-order valence-electron chi connectivity index (χ2n) is 5.75. The van der Waals surface area contributed by atoms with E-state index in [1.54, 1.807) is 0 Å². The van der Waals surface area contributed by atoms with Crippen molar-refractivity contribution in [3.8, 4) is 0 Å². The van der Waals surface area contributed by atoms with Gasteiger partial charge in [0, 0.05) is 18.9 Å². The zero-order valence-corrected chi connectivity index (χ0v) is 13.4. The van der Waals surface area contributed by atoms with Crippen LogP contribution in [-0.2, 0) is 4.79 Å². The van der Waals surface area contributed by atoms with Gasteiger partial charge in [-0.15, -0.1) is 0 Å². The molecule has 1 aromatic rings. The molecule has 5 nitrogen and oxygen atoms in total. The lowest BCUT2D eigenvalue weighted by atomic mass is 10.0. The Balaban J connectivity index is 2.24. The summed E-state index contributed by atoms with van der Waals surface area (Å²) < 4.78 is 0. The summed E-state index contributed by atoms with van der Waals surface area (Å²) in [6, 6.07) is 0. The monoisotopic (exact) mass is 309 g/mol.